The van der Waals surface area contributed by atoms with E-state index in [1.54, 1.807) is 23.1 Å². The zero-order chi connectivity index (χ0) is 25.5. The van der Waals surface area contributed by atoms with E-state index in [4.69, 9.17) is 4.74 Å². The first-order valence-corrected chi connectivity index (χ1v) is 12.0. The molecule has 1 fully saturated rings. The fraction of sp³-hybridized carbons (Fsp3) is 0.538. The van der Waals surface area contributed by atoms with Crippen molar-refractivity contribution in [3.63, 3.8) is 0 Å². The molecular weight excluding hydrogens is 459 g/mol. The molecule has 0 bridgehead atoms. The number of likely N-dealkylation sites (tertiary alicyclic amines) is 1. The molecule has 2 aliphatic heterocycles. The lowest BCUT2D eigenvalue weighted by Crippen LogP contribution is -2.59. The number of nitrogens with zero attached hydrogens (tertiary/aromatic N) is 3. The monoisotopic (exact) mass is 491 g/mol. The van der Waals surface area contributed by atoms with E-state index in [0.29, 0.717) is 43.7 Å². The second-order valence-corrected chi connectivity index (χ2v) is 9.85. The third kappa shape index (κ3) is 4.83. The SMILES string of the molecule is CC(=O)CN1CCn2c(C(F)(F)F)ccc2C12CCN(C(=O)c1ccc(OC(C)C)c(C)c1)CC2. The van der Waals surface area contributed by atoms with E-state index in [1.165, 1.54) is 11.5 Å². The average Bonchev–Trinajstić information content (AvgIpc) is 3.23. The fourth-order valence-electron chi connectivity index (χ4n) is 5.46. The molecule has 35 heavy (non-hydrogen) atoms. The fourth-order valence-corrected chi connectivity index (χ4v) is 5.46. The lowest BCUT2D eigenvalue weighted by Gasteiger charge is -2.51. The number of Topliss-reactive ketones (excluding diaryl/α,β-unsaturated/α-hetero) is 1. The molecule has 0 unspecified atom stereocenters. The third-order valence-corrected chi connectivity index (χ3v) is 7.02. The Morgan fingerprint density at radius 2 is 1.74 bits per heavy atom. The Bertz CT molecular complexity index is 1110. The molecule has 9 heteroatoms. The van der Waals surface area contributed by atoms with Gasteiger partial charge in [-0.3, -0.25) is 14.5 Å². The molecule has 0 radical (unpaired) electrons. The van der Waals surface area contributed by atoms with Crippen LogP contribution in [0.1, 0.15) is 60.9 Å². The van der Waals surface area contributed by atoms with Gasteiger partial charge in [-0.05, 0) is 76.4 Å². The molecule has 0 atom stereocenters. The maximum Gasteiger partial charge on any atom is 0.431 e. The van der Waals surface area contributed by atoms with E-state index < -0.39 is 17.4 Å². The number of alkyl halides is 3. The number of hydrogen-bond acceptors (Lipinski definition) is 4. The van der Waals surface area contributed by atoms with Crippen molar-refractivity contribution in [1.82, 2.24) is 14.4 Å². The zero-order valence-electron chi connectivity index (χ0n) is 20.6. The summed E-state index contributed by atoms with van der Waals surface area (Å²) in [6.07, 6.45) is -3.50. The van der Waals surface area contributed by atoms with Crippen LogP contribution in [0, 0.1) is 6.92 Å². The molecule has 1 amide bonds. The highest BCUT2D eigenvalue weighted by atomic mass is 19.4. The van der Waals surface area contributed by atoms with Crippen LogP contribution in [0.3, 0.4) is 0 Å². The molecule has 4 rings (SSSR count). The first-order chi connectivity index (χ1) is 16.4. The second-order valence-electron chi connectivity index (χ2n) is 9.85. The lowest BCUT2D eigenvalue weighted by molar-refractivity contribution is -0.145. The van der Waals surface area contributed by atoms with Crippen LogP contribution >= 0.6 is 0 Å². The Hall–Kier alpha value is -2.81. The average molecular weight is 492 g/mol. The van der Waals surface area contributed by atoms with Gasteiger partial charge in [-0.1, -0.05) is 0 Å². The van der Waals surface area contributed by atoms with Crippen LogP contribution in [0.25, 0.3) is 0 Å². The Morgan fingerprint density at radius 3 is 2.31 bits per heavy atom. The maximum absolute atomic E-state index is 13.6. The van der Waals surface area contributed by atoms with Crippen LogP contribution in [0.15, 0.2) is 30.3 Å². The largest absolute Gasteiger partial charge is 0.491 e. The molecule has 1 spiro atoms. The smallest absolute Gasteiger partial charge is 0.431 e. The molecule has 6 nitrogen and oxygen atoms in total. The van der Waals surface area contributed by atoms with Crippen LogP contribution < -0.4 is 4.74 Å². The first-order valence-electron chi connectivity index (χ1n) is 12.0. The van der Waals surface area contributed by atoms with Crippen molar-refractivity contribution in [2.75, 3.05) is 26.2 Å². The van der Waals surface area contributed by atoms with Gasteiger partial charge in [-0.25, -0.2) is 0 Å². The molecule has 3 heterocycles. The molecule has 0 aliphatic carbocycles. The highest BCUT2D eigenvalue weighted by molar-refractivity contribution is 5.94. The van der Waals surface area contributed by atoms with E-state index in [9.17, 15) is 22.8 Å². The van der Waals surface area contributed by atoms with Crippen LogP contribution in [-0.2, 0) is 23.1 Å². The summed E-state index contributed by atoms with van der Waals surface area (Å²) >= 11 is 0. The number of hydrogen-bond donors (Lipinski definition) is 0. The number of amides is 1. The van der Waals surface area contributed by atoms with Gasteiger partial charge in [0.1, 0.15) is 17.2 Å². The Labute approximate surface area is 203 Å². The summed E-state index contributed by atoms with van der Waals surface area (Å²) in [5.41, 5.74) is 0.634. The van der Waals surface area contributed by atoms with Gasteiger partial charge in [-0.2, -0.15) is 13.2 Å². The quantitative estimate of drug-likeness (QED) is 0.612. The van der Waals surface area contributed by atoms with Gasteiger partial charge in [0, 0.05) is 37.4 Å². The second kappa shape index (κ2) is 9.33. The van der Waals surface area contributed by atoms with Crippen LogP contribution in [-0.4, -0.2) is 58.3 Å². The van der Waals surface area contributed by atoms with Crippen molar-refractivity contribution in [1.29, 1.82) is 0 Å². The van der Waals surface area contributed by atoms with Gasteiger partial charge >= 0.3 is 6.18 Å². The van der Waals surface area contributed by atoms with Crippen molar-refractivity contribution >= 4 is 11.7 Å². The summed E-state index contributed by atoms with van der Waals surface area (Å²) in [5, 5.41) is 0. The van der Waals surface area contributed by atoms with Gasteiger partial charge in [-0.15, -0.1) is 0 Å². The number of halogens is 3. The molecule has 1 saturated heterocycles. The molecule has 0 N–H and O–H groups in total. The van der Waals surface area contributed by atoms with E-state index in [0.717, 1.165) is 17.4 Å². The minimum absolute atomic E-state index is 0.0267. The Morgan fingerprint density at radius 1 is 1.06 bits per heavy atom. The van der Waals surface area contributed by atoms with E-state index in [-0.39, 0.29) is 30.9 Å². The summed E-state index contributed by atoms with van der Waals surface area (Å²) in [5.74, 6) is 0.593. The summed E-state index contributed by atoms with van der Waals surface area (Å²) in [7, 11) is 0. The number of aromatic nitrogens is 1. The number of fused-ring (bicyclic) bond motifs is 2. The number of benzene rings is 1. The number of carbonyl (C=O) groups excluding carboxylic acids is 2. The summed E-state index contributed by atoms with van der Waals surface area (Å²) in [6, 6.07) is 8.04. The molecule has 2 aliphatic rings. The zero-order valence-corrected chi connectivity index (χ0v) is 20.6. The number of aryl methyl sites for hydroxylation is 1. The maximum atomic E-state index is 13.6. The van der Waals surface area contributed by atoms with E-state index >= 15 is 0 Å². The molecule has 2 aromatic rings. The van der Waals surface area contributed by atoms with Gasteiger partial charge in [0.15, 0.2) is 0 Å². The van der Waals surface area contributed by atoms with Crippen LogP contribution in [0.4, 0.5) is 13.2 Å². The number of carbonyl (C=O) groups is 2. The first kappa shape index (κ1) is 25.3. The highest BCUT2D eigenvalue weighted by Crippen LogP contribution is 2.44. The van der Waals surface area contributed by atoms with Crippen LogP contribution in [0.2, 0.25) is 0 Å². The van der Waals surface area contributed by atoms with Crippen molar-refractivity contribution in [3.05, 3.63) is 52.8 Å². The lowest BCUT2D eigenvalue weighted by atomic mass is 9.80. The predicted octanol–water partition coefficient (Wildman–Crippen LogP) is 4.64. The molecule has 0 saturated carbocycles. The minimum Gasteiger partial charge on any atom is -0.491 e. The van der Waals surface area contributed by atoms with Gasteiger partial charge in [0.05, 0.1) is 18.2 Å². The summed E-state index contributed by atoms with van der Waals surface area (Å²) < 4.78 is 47.9. The van der Waals surface area contributed by atoms with Gasteiger partial charge in [0.25, 0.3) is 5.91 Å². The van der Waals surface area contributed by atoms with Crippen molar-refractivity contribution in [3.8, 4) is 5.75 Å². The molecule has 190 valence electrons. The topological polar surface area (TPSA) is 54.8 Å². The van der Waals surface area contributed by atoms with Crippen molar-refractivity contribution in [2.24, 2.45) is 0 Å². The summed E-state index contributed by atoms with van der Waals surface area (Å²) in [4.78, 5) is 29.0. The van der Waals surface area contributed by atoms with E-state index in [1.807, 2.05) is 31.7 Å². The predicted molar refractivity (Wildman–Crippen MR) is 125 cm³/mol. The number of ether oxygens (including phenoxy) is 1. The normalized spacial score (nSPS) is 18.1. The Kier molecular flexibility index (Phi) is 6.74. The van der Waals surface area contributed by atoms with Crippen molar-refractivity contribution < 1.29 is 27.5 Å². The Balaban J connectivity index is 1.58. The van der Waals surface area contributed by atoms with Crippen LogP contribution in [0.5, 0.6) is 5.75 Å². The summed E-state index contributed by atoms with van der Waals surface area (Å²) in [6.45, 7) is 8.77. The minimum atomic E-state index is -4.44. The molecule has 1 aromatic heterocycles. The number of piperidine rings is 1. The third-order valence-electron chi connectivity index (χ3n) is 7.02. The molecular formula is C26H32F3N3O3. The van der Waals surface area contributed by atoms with Crippen molar-refractivity contribution in [2.45, 2.75) is 64.9 Å². The van der Waals surface area contributed by atoms with E-state index in [2.05, 4.69) is 0 Å². The standard InChI is InChI=1S/C26H32F3N3O3/c1-17(2)35-21-6-5-20(15-18(21)3)24(34)30-11-9-25(10-12-30)22-7-8-23(26(27,28)29)32(22)14-13-31(25)16-19(4)33/h5-8,15,17H,9-14,16H2,1-4H3. The highest BCUT2D eigenvalue weighted by Gasteiger charge is 2.48. The van der Waals surface area contributed by atoms with Gasteiger partial charge in [0.2, 0.25) is 0 Å². The number of ketones is 1. The molecule has 1 aromatic carbocycles. The number of rotatable bonds is 5. The van der Waals surface area contributed by atoms with Gasteiger partial charge < -0.3 is 14.2 Å².